The molecule has 0 radical (unpaired) electrons. The number of aliphatic imine (C=N–C) groups is 1. The second-order valence-corrected chi connectivity index (χ2v) is 4.63. The number of rotatable bonds is 3. The van der Waals surface area contributed by atoms with Crippen molar-refractivity contribution in [2.45, 2.75) is 25.3 Å². The number of aryl methyl sites for hydroxylation is 1. The SMILES string of the molecule is Cc1nccn1-c1cccc(C2(N=C=O)CC2)c1. The van der Waals surface area contributed by atoms with E-state index in [4.69, 9.17) is 0 Å². The van der Waals surface area contributed by atoms with E-state index in [0.29, 0.717) is 0 Å². The normalized spacial score (nSPS) is 16.1. The summed E-state index contributed by atoms with van der Waals surface area (Å²) in [4.78, 5) is 18.7. The quantitative estimate of drug-likeness (QED) is 0.610. The molecule has 0 atom stereocenters. The first kappa shape index (κ1) is 10.9. The highest BCUT2D eigenvalue weighted by atomic mass is 16.1. The summed E-state index contributed by atoms with van der Waals surface area (Å²) in [5.74, 6) is 0.941. The maximum absolute atomic E-state index is 10.5. The zero-order valence-electron chi connectivity index (χ0n) is 10.1. The molecule has 0 spiro atoms. The van der Waals surface area contributed by atoms with Crippen LogP contribution in [0.4, 0.5) is 0 Å². The van der Waals surface area contributed by atoms with E-state index in [-0.39, 0.29) is 5.54 Å². The number of hydrogen-bond donors (Lipinski definition) is 0. The number of aromatic nitrogens is 2. The maximum Gasteiger partial charge on any atom is 0.235 e. The summed E-state index contributed by atoms with van der Waals surface area (Å²) in [5, 5.41) is 0. The summed E-state index contributed by atoms with van der Waals surface area (Å²) in [5.41, 5.74) is 1.82. The predicted octanol–water partition coefficient (Wildman–Crippen LogP) is 2.51. The van der Waals surface area contributed by atoms with Crippen LogP contribution >= 0.6 is 0 Å². The van der Waals surface area contributed by atoms with Crippen LogP contribution in [-0.2, 0) is 10.3 Å². The summed E-state index contributed by atoms with van der Waals surface area (Å²) < 4.78 is 2.02. The van der Waals surface area contributed by atoms with Crippen LogP contribution in [0, 0.1) is 6.92 Å². The van der Waals surface area contributed by atoms with Crippen LogP contribution in [0.25, 0.3) is 5.69 Å². The van der Waals surface area contributed by atoms with Crippen molar-refractivity contribution >= 4 is 6.08 Å². The minimum absolute atomic E-state index is 0.313. The Morgan fingerprint density at radius 2 is 2.28 bits per heavy atom. The molecule has 18 heavy (non-hydrogen) atoms. The third-order valence-electron chi connectivity index (χ3n) is 3.47. The van der Waals surface area contributed by atoms with Gasteiger partial charge in [0, 0.05) is 18.1 Å². The van der Waals surface area contributed by atoms with Gasteiger partial charge in [-0.3, -0.25) is 0 Å². The number of isocyanates is 1. The van der Waals surface area contributed by atoms with Crippen LogP contribution in [0.5, 0.6) is 0 Å². The second kappa shape index (κ2) is 3.93. The van der Waals surface area contributed by atoms with Gasteiger partial charge in [-0.15, -0.1) is 0 Å². The van der Waals surface area contributed by atoms with E-state index < -0.39 is 0 Å². The number of nitrogens with zero attached hydrogens (tertiary/aromatic N) is 3. The lowest BCUT2D eigenvalue weighted by molar-refractivity contribution is 0.556. The van der Waals surface area contributed by atoms with Crippen LogP contribution in [0.3, 0.4) is 0 Å². The molecule has 0 bridgehead atoms. The summed E-state index contributed by atoms with van der Waals surface area (Å²) in [7, 11) is 0. The molecule has 3 rings (SSSR count). The van der Waals surface area contributed by atoms with Gasteiger partial charge in [0.25, 0.3) is 0 Å². The van der Waals surface area contributed by atoms with Crippen LogP contribution in [-0.4, -0.2) is 15.6 Å². The lowest BCUT2D eigenvalue weighted by Crippen LogP contribution is -2.04. The highest BCUT2D eigenvalue weighted by molar-refractivity contribution is 5.45. The maximum atomic E-state index is 10.5. The summed E-state index contributed by atoms with van der Waals surface area (Å²) in [6.45, 7) is 1.96. The highest BCUT2D eigenvalue weighted by Crippen LogP contribution is 2.49. The van der Waals surface area contributed by atoms with Crippen LogP contribution in [0.2, 0.25) is 0 Å². The second-order valence-electron chi connectivity index (χ2n) is 4.63. The first-order valence-corrected chi connectivity index (χ1v) is 5.95. The van der Waals surface area contributed by atoms with Crippen LogP contribution < -0.4 is 0 Å². The largest absolute Gasteiger partial charge is 0.304 e. The minimum Gasteiger partial charge on any atom is -0.304 e. The van der Waals surface area contributed by atoms with Gasteiger partial charge in [-0.05, 0) is 37.5 Å². The molecule has 1 saturated carbocycles. The van der Waals surface area contributed by atoms with Gasteiger partial charge in [-0.1, -0.05) is 12.1 Å². The fourth-order valence-corrected chi connectivity index (χ4v) is 2.27. The molecule has 90 valence electrons. The van der Waals surface area contributed by atoms with E-state index in [9.17, 15) is 4.79 Å². The molecule has 2 aromatic rings. The molecular formula is C14H13N3O. The zero-order chi connectivity index (χ0) is 12.6. The first-order chi connectivity index (χ1) is 8.75. The molecule has 0 unspecified atom stereocenters. The average molecular weight is 239 g/mol. The van der Waals surface area contributed by atoms with Gasteiger partial charge in [0.2, 0.25) is 6.08 Å². The molecule has 1 aromatic heterocycles. The fraction of sp³-hybridized carbons (Fsp3) is 0.286. The molecule has 1 aliphatic carbocycles. The van der Waals surface area contributed by atoms with E-state index in [1.165, 1.54) is 0 Å². The van der Waals surface area contributed by atoms with Crippen molar-refractivity contribution in [3.05, 3.63) is 48.0 Å². The van der Waals surface area contributed by atoms with E-state index in [1.807, 2.05) is 35.9 Å². The average Bonchev–Trinajstić information content (AvgIpc) is 3.05. The third kappa shape index (κ3) is 1.67. The molecule has 0 saturated heterocycles. The molecule has 0 N–H and O–H groups in total. The van der Waals surface area contributed by atoms with Crippen molar-refractivity contribution in [2.75, 3.05) is 0 Å². The topological polar surface area (TPSA) is 47.2 Å². The number of hydrogen-bond acceptors (Lipinski definition) is 3. The predicted molar refractivity (Wildman–Crippen MR) is 67.3 cm³/mol. The molecule has 1 aliphatic rings. The van der Waals surface area contributed by atoms with Crippen molar-refractivity contribution in [2.24, 2.45) is 4.99 Å². The number of benzene rings is 1. The Kier molecular flexibility index (Phi) is 2.39. The lowest BCUT2D eigenvalue weighted by atomic mass is 10.0. The summed E-state index contributed by atoms with van der Waals surface area (Å²) in [6.07, 6.45) is 7.24. The standard InChI is InChI=1S/C14H13N3O/c1-11-15-7-8-17(11)13-4-2-3-12(9-13)14(5-6-14)16-10-18/h2-4,7-9H,5-6H2,1H3. The van der Waals surface area contributed by atoms with Crippen molar-refractivity contribution in [3.63, 3.8) is 0 Å². The van der Waals surface area contributed by atoms with E-state index in [1.54, 1.807) is 12.3 Å². The van der Waals surface area contributed by atoms with Crippen molar-refractivity contribution < 1.29 is 4.79 Å². The van der Waals surface area contributed by atoms with Crippen LogP contribution in [0.1, 0.15) is 24.2 Å². The minimum atomic E-state index is -0.313. The van der Waals surface area contributed by atoms with Gasteiger partial charge in [-0.2, -0.15) is 4.99 Å². The summed E-state index contributed by atoms with van der Waals surface area (Å²) in [6, 6.07) is 8.11. The summed E-state index contributed by atoms with van der Waals surface area (Å²) >= 11 is 0. The molecule has 1 heterocycles. The Hall–Kier alpha value is -2.19. The van der Waals surface area contributed by atoms with Gasteiger partial charge < -0.3 is 4.57 Å². The fourth-order valence-electron chi connectivity index (χ4n) is 2.27. The van der Waals surface area contributed by atoms with Crippen LogP contribution in [0.15, 0.2) is 41.7 Å². The molecule has 0 amide bonds. The van der Waals surface area contributed by atoms with Gasteiger partial charge in [0.1, 0.15) is 5.82 Å². The molecular weight excluding hydrogens is 226 g/mol. The number of imidazole rings is 1. The van der Waals surface area contributed by atoms with Crippen molar-refractivity contribution in [1.29, 1.82) is 0 Å². The Balaban J connectivity index is 2.05. The monoisotopic (exact) mass is 239 g/mol. The lowest BCUT2D eigenvalue weighted by Gasteiger charge is -2.11. The number of carbonyl (C=O) groups excluding carboxylic acids is 1. The van der Waals surface area contributed by atoms with Gasteiger partial charge >= 0.3 is 0 Å². The van der Waals surface area contributed by atoms with E-state index in [2.05, 4.69) is 16.0 Å². The smallest absolute Gasteiger partial charge is 0.235 e. The first-order valence-electron chi connectivity index (χ1n) is 5.95. The molecule has 4 nitrogen and oxygen atoms in total. The molecule has 0 aliphatic heterocycles. The molecule has 4 heteroatoms. The highest BCUT2D eigenvalue weighted by Gasteiger charge is 2.44. The third-order valence-corrected chi connectivity index (χ3v) is 3.47. The van der Waals surface area contributed by atoms with Gasteiger partial charge in [0.05, 0.1) is 5.54 Å². The van der Waals surface area contributed by atoms with Gasteiger partial charge in [0.15, 0.2) is 0 Å². The molecule has 1 aromatic carbocycles. The zero-order valence-corrected chi connectivity index (χ0v) is 10.1. The van der Waals surface area contributed by atoms with Crippen molar-refractivity contribution in [1.82, 2.24) is 9.55 Å². The Labute approximate surface area is 105 Å². The Morgan fingerprint density at radius 1 is 1.44 bits per heavy atom. The van der Waals surface area contributed by atoms with E-state index >= 15 is 0 Å². The molecule has 1 fully saturated rings. The Morgan fingerprint density at radius 3 is 2.89 bits per heavy atom. The van der Waals surface area contributed by atoms with Gasteiger partial charge in [-0.25, -0.2) is 9.78 Å². The van der Waals surface area contributed by atoms with E-state index in [0.717, 1.165) is 29.9 Å². The van der Waals surface area contributed by atoms with Crippen molar-refractivity contribution in [3.8, 4) is 5.69 Å². The Bertz CT molecular complexity index is 634.